The summed E-state index contributed by atoms with van der Waals surface area (Å²) in [5, 5.41) is 11.8. The number of nitrogens with two attached hydrogens (primary N) is 1. The standard InChI is InChI=1S/C33H31Cl2N3OS/c1-4-21-8-5-6-9-27(21)38-28-10-7-11-29(39)32(28)31(25(17-36)33(38)37)24-15-22(19(2)14-20(24)3)18-40-30-16-23(34)12-13-26(30)35/h5-6,8-9,12-16,31H,4,7,10-11,18,37H2,1-3H3. The lowest BCUT2D eigenvalue weighted by Gasteiger charge is -2.40. The number of Topliss-reactive ketones (excluding diaryl/α,β-unsaturated/α-hetero) is 1. The molecule has 3 aromatic rings. The second kappa shape index (κ2) is 11.7. The number of rotatable bonds is 6. The van der Waals surface area contributed by atoms with Crippen LogP contribution in [0.25, 0.3) is 0 Å². The number of nitriles is 1. The maximum absolute atomic E-state index is 13.7. The molecule has 3 aromatic carbocycles. The van der Waals surface area contributed by atoms with Crippen molar-refractivity contribution in [1.29, 1.82) is 5.26 Å². The molecule has 2 N–H and O–H groups in total. The lowest BCUT2D eigenvalue weighted by Crippen LogP contribution is -2.39. The molecule has 0 saturated carbocycles. The topological polar surface area (TPSA) is 70.1 Å². The van der Waals surface area contributed by atoms with E-state index in [4.69, 9.17) is 28.9 Å². The van der Waals surface area contributed by atoms with Crippen LogP contribution in [0.1, 0.15) is 59.9 Å². The minimum Gasteiger partial charge on any atom is -0.384 e. The van der Waals surface area contributed by atoms with Gasteiger partial charge in [0.2, 0.25) is 0 Å². The molecule has 7 heteroatoms. The van der Waals surface area contributed by atoms with Crippen molar-refractivity contribution in [1.82, 2.24) is 0 Å². The zero-order chi connectivity index (χ0) is 28.6. The molecule has 0 amide bonds. The van der Waals surface area contributed by atoms with Crippen LogP contribution in [-0.4, -0.2) is 5.78 Å². The molecule has 0 radical (unpaired) electrons. The number of carbonyl (C=O) groups is 1. The fourth-order valence-electron chi connectivity index (χ4n) is 5.83. The van der Waals surface area contributed by atoms with Crippen LogP contribution in [0, 0.1) is 25.2 Å². The van der Waals surface area contributed by atoms with Crippen LogP contribution in [-0.2, 0) is 17.0 Å². The van der Waals surface area contributed by atoms with Gasteiger partial charge in [-0.25, -0.2) is 0 Å². The Labute approximate surface area is 250 Å². The van der Waals surface area contributed by atoms with Crippen molar-refractivity contribution in [3.63, 3.8) is 0 Å². The van der Waals surface area contributed by atoms with Crippen LogP contribution in [0.4, 0.5) is 5.69 Å². The largest absolute Gasteiger partial charge is 0.384 e. The Morgan fingerprint density at radius 3 is 2.58 bits per heavy atom. The quantitative estimate of drug-likeness (QED) is 0.292. The molecule has 0 fully saturated rings. The summed E-state index contributed by atoms with van der Waals surface area (Å²) < 4.78 is 0. The molecule has 0 spiro atoms. The molecule has 0 saturated heterocycles. The van der Waals surface area contributed by atoms with Crippen LogP contribution < -0.4 is 10.6 Å². The Morgan fingerprint density at radius 1 is 1.05 bits per heavy atom. The average Bonchev–Trinajstić information content (AvgIpc) is 2.94. The Balaban J connectivity index is 1.64. The monoisotopic (exact) mass is 587 g/mol. The summed E-state index contributed by atoms with van der Waals surface area (Å²) in [5.74, 6) is 0.663. The molecule has 0 bridgehead atoms. The number of carbonyl (C=O) groups excluding carboxylic acids is 1. The molecular weight excluding hydrogens is 557 g/mol. The predicted molar refractivity (Wildman–Crippen MR) is 166 cm³/mol. The third-order valence-electron chi connectivity index (χ3n) is 7.84. The SMILES string of the molecule is CCc1ccccc1N1C(N)=C(C#N)C(c2cc(CSc3cc(Cl)ccc3Cl)c(C)cc2C)C2=C1CCCC2=O. The highest BCUT2D eigenvalue weighted by molar-refractivity contribution is 7.98. The first-order valence-corrected chi connectivity index (χ1v) is 15.2. The number of nitrogens with zero attached hydrogens (tertiary/aromatic N) is 2. The van der Waals surface area contributed by atoms with Crippen LogP contribution in [0.3, 0.4) is 0 Å². The van der Waals surface area contributed by atoms with Crippen molar-refractivity contribution in [3.8, 4) is 6.07 Å². The first-order chi connectivity index (χ1) is 19.2. The zero-order valence-electron chi connectivity index (χ0n) is 22.9. The smallest absolute Gasteiger partial charge is 0.161 e. The zero-order valence-corrected chi connectivity index (χ0v) is 25.2. The van der Waals surface area contributed by atoms with E-state index in [9.17, 15) is 10.1 Å². The summed E-state index contributed by atoms with van der Waals surface area (Å²) in [6.45, 7) is 6.23. The van der Waals surface area contributed by atoms with Crippen molar-refractivity contribution in [2.75, 3.05) is 4.90 Å². The third-order valence-corrected chi connectivity index (χ3v) is 9.62. The van der Waals surface area contributed by atoms with Gasteiger partial charge >= 0.3 is 0 Å². The van der Waals surface area contributed by atoms with E-state index in [2.05, 4.69) is 38.1 Å². The number of aryl methyl sites for hydroxylation is 3. The molecule has 1 aliphatic heterocycles. The molecule has 204 valence electrons. The van der Waals surface area contributed by atoms with Gasteiger partial charge in [0.25, 0.3) is 0 Å². The van der Waals surface area contributed by atoms with E-state index in [0.29, 0.717) is 39.2 Å². The number of ketones is 1. The molecule has 0 aromatic heterocycles. The second-order valence-electron chi connectivity index (χ2n) is 10.3. The van der Waals surface area contributed by atoms with Gasteiger partial charge in [-0.15, -0.1) is 11.8 Å². The first-order valence-electron chi connectivity index (χ1n) is 13.5. The van der Waals surface area contributed by atoms with E-state index in [0.717, 1.165) is 63.4 Å². The highest BCUT2D eigenvalue weighted by atomic mass is 35.5. The van der Waals surface area contributed by atoms with Gasteiger partial charge in [0.05, 0.1) is 28.3 Å². The molecule has 4 nitrogen and oxygen atoms in total. The second-order valence-corrected chi connectivity index (χ2v) is 12.2. The minimum absolute atomic E-state index is 0.0899. The number of hydrogen-bond acceptors (Lipinski definition) is 5. The molecule has 1 atom stereocenters. The lowest BCUT2D eigenvalue weighted by molar-refractivity contribution is -0.116. The first kappa shape index (κ1) is 28.4. The molecule has 1 aliphatic carbocycles. The third kappa shape index (κ3) is 5.17. The van der Waals surface area contributed by atoms with E-state index in [1.165, 1.54) is 0 Å². The van der Waals surface area contributed by atoms with Gasteiger partial charge in [-0.05, 0) is 85.2 Å². The van der Waals surface area contributed by atoms with Crippen LogP contribution in [0.2, 0.25) is 10.0 Å². The number of hydrogen-bond donors (Lipinski definition) is 1. The van der Waals surface area contributed by atoms with E-state index in [1.807, 2.05) is 36.1 Å². The Hall–Kier alpha value is -3.17. The number of halogens is 2. The normalized spacial score (nSPS) is 17.2. The molecular formula is C33H31Cl2N3OS. The number of anilines is 1. The molecule has 40 heavy (non-hydrogen) atoms. The Morgan fingerprint density at radius 2 is 1.82 bits per heavy atom. The maximum atomic E-state index is 13.7. The van der Waals surface area contributed by atoms with Crippen molar-refractivity contribution in [2.24, 2.45) is 5.73 Å². The predicted octanol–water partition coefficient (Wildman–Crippen LogP) is 8.77. The van der Waals surface area contributed by atoms with Crippen LogP contribution in [0.15, 0.2) is 82.2 Å². The van der Waals surface area contributed by atoms with Crippen LogP contribution >= 0.6 is 35.0 Å². The van der Waals surface area contributed by atoms with Gasteiger partial charge < -0.3 is 5.73 Å². The molecule has 2 aliphatic rings. The maximum Gasteiger partial charge on any atom is 0.161 e. The summed E-state index contributed by atoms with van der Waals surface area (Å²) in [7, 11) is 0. The van der Waals surface area contributed by atoms with Gasteiger partial charge in [-0.1, -0.05) is 60.5 Å². The Kier molecular flexibility index (Phi) is 8.33. The van der Waals surface area contributed by atoms with E-state index in [-0.39, 0.29) is 5.78 Å². The Bertz CT molecular complexity index is 1620. The fraction of sp³-hybridized carbons (Fsp3) is 0.273. The molecule has 1 heterocycles. The summed E-state index contributed by atoms with van der Waals surface area (Å²) >= 11 is 14.3. The number of thioether (sulfide) groups is 1. The van der Waals surface area contributed by atoms with E-state index < -0.39 is 5.92 Å². The van der Waals surface area contributed by atoms with Gasteiger partial charge in [0, 0.05) is 33.4 Å². The number of para-hydroxylation sites is 1. The molecule has 1 unspecified atom stereocenters. The fourth-order valence-corrected chi connectivity index (χ4v) is 7.38. The summed E-state index contributed by atoms with van der Waals surface area (Å²) in [4.78, 5) is 16.6. The van der Waals surface area contributed by atoms with Crippen molar-refractivity contribution < 1.29 is 4.79 Å². The van der Waals surface area contributed by atoms with Gasteiger partial charge in [0.1, 0.15) is 5.82 Å². The van der Waals surface area contributed by atoms with Crippen molar-refractivity contribution in [3.05, 3.63) is 115 Å². The van der Waals surface area contributed by atoms with Crippen LogP contribution in [0.5, 0.6) is 0 Å². The average molecular weight is 589 g/mol. The summed E-state index contributed by atoms with van der Waals surface area (Å²) in [6.07, 6.45) is 2.78. The van der Waals surface area contributed by atoms with Gasteiger partial charge in [-0.2, -0.15) is 5.26 Å². The number of benzene rings is 3. The lowest BCUT2D eigenvalue weighted by atomic mass is 9.74. The number of allylic oxidation sites excluding steroid dienone is 3. The molecule has 5 rings (SSSR count). The highest BCUT2D eigenvalue weighted by Gasteiger charge is 2.41. The van der Waals surface area contributed by atoms with E-state index >= 15 is 0 Å². The minimum atomic E-state index is -0.503. The van der Waals surface area contributed by atoms with Gasteiger partial charge in [0.15, 0.2) is 5.78 Å². The van der Waals surface area contributed by atoms with Crippen molar-refractivity contribution >= 4 is 46.4 Å². The highest BCUT2D eigenvalue weighted by Crippen LogP contribution is 2.48. The van der Waals surface area contributed by atoms with Crippen molar-refractivity contribution in [2.45, 2.75) is 63.0 Å². The van der Waals surface area contributed by atoms with Gasteiger partial charge in [-0.3, -0.25) is 9.69 Å². The van der Waals surface area contributed by atoms with E-state index in [1.54, 1.807) is 23.9 Å². The summed E-state index contributed by atoms with van der Waals surface area (Å²) in [6, 6.07) is 20.2. The summed E-state index contributed by atoms with van der Waals surface area (Å²) in [5.41, 5.74) is 15.2.